The zero-order chi connectivity index (χ0) is 21.2. The van der Waals surface area contributed by atoms with Crippen LogP contribution >= 0.6 is 0 Å². The molecular formula is C20H29N3O5S. The maximum absolute atomic E-state index is 12.9. The van der Waals surface area contributed by atoms with Gasteiger partial charge in [-0.3, -0.25) is 9.10 Å². The van der Waals surface area contributed by atoms with Crippen LogP contribution in [-0.2, 0) is 14.8 Å². The van der Waals surface area contributed by atoms with E-state index < -0.39 is 21.7 Å². The van der Waals surface area contributed by atoms with E-state index in [4.69, 9.17) is 4.74 Å². The Bertz CT molecular complexity index is 870. The van der Waals surface area contributed by atoms with Crippen LogP contribution in [0.15, 0.2) is 24.3 Å². The lowest BCUT2D eigenvalue weighted by molar-refractivity contribution is 0.0473. The molecular weight excluding hydrogens is 394 g/mol. The molecule has 9 heteroatoms. The number of amides is 2. The van der Waals surface area contributed by atoms with Crippen molar-refractivity contribution in [2.75, 3.05) is 29.7 Å². The third-order valence-electron chi connectivity index (χ3n) is 4.98. The molecule has 2 saturated heterocycles. The second-order valence-corrected chi connectivity index (χ2v) is 10.5. The Morgan fingerprint density at radius 1 is 1.14 bits per heavy atom. The van der Waals surface area contributed by atoms with Crippen LogP contribution in [0.5, 0.6) is 0 Å². The van der Waals surface area contributed by atoms with Crippen molar-refractivity contribution >= 4 is 27.7 Å². The van der Waals surface area contributed by atoms with Gasteiger partial charge in [0, 0.05) is 31.2 Å². The minimum absolute atomic E-state index is 0.0324. The SMILES string of the molecule is CC(C)(C)OC(=O)NC1CCN(C(=O)c2cccc(N3CCCS3(=O)=O)c2)CC1. The first-order valence-electron chi connectivity index (χ1n) is 9.94. The van der Waals surface area contributed by atoms with Gasteiger partial charge in [-0.15, -0.1) is 0 Å². The molecule has 0 saturated carbocycles. The molecule has 2 fully saturated rings. The molecule has 0 aliphatic carbocycles. The van der Waals surface area contributed by atoms with E-state index in [2.05, 4.69) is 5.32 Å². The summed E-state index contributed by atoms with van der Waals surface area (Å²) >= 11 is 0. The Labute approximate surface area is 172 Å². The number of alkyl carbamates (subject to hydrolysis) is 1. The number of ether oxygens (including phenoxy) is 1. The fraction of sp³-hybridized carbons (Fsp3) is 0.600. The number of nitrogens with one attached hydrogen (secondary N) is 1. The number of likely N-dealkylation sites (tertiary alicyclic amines) is 1. The second kappa shape index (κ2) is 8.22. The van der Waals surface area contributed by atoms with E-state index in [0.29, 0.717) is 50.1 Å². The number of carbonyl (C=O) groups is 2. The summed E-state index contributed by atoms with van der Waals surface area (Å²) in [4.78, 5) is 26.5. The number of rotatable bonds is 3. The van der Waals surface area contributed by atoms with Gasteiger partial charge in [0.15, 0.2) is 0 Å². The van der Waals surface area contributed by atoms with Crippen molar-refractivity contribution < 1.29 is 22.7 Å². The number of nitrogens with zero attached hydrogens (tertiary/aromatic N) is 2. The van der Waals surface area contributed by atoms with Crippen LogP contribution in [0.2, 0.25) is 0 Å². The zero-order valence-electron chi connectivity index (χ0n) is 17.2. The van der Waals surface area contributed by atoms with Gasteiger partial charge in [0.1, 0.15) is 5.60 Å². The van der Waals surface area contributed by atoms with E-state index in [0.717, 1.165) is 0 Å². The summed E-state index contributed by atoms with van der Waals surface area (Å²) in [7, 11) is -3.28. The molecule has 0 spiro atoms. The summed E-state index contributed by atoms with van der Waals surface area (Å²) in [5.74, 6) is 0.0164. The van der Waals surface area contributed by atoms with Crippen molar-refractivity contribution in [3.63, 3.8) is 0 Å². The molecule has 29 heavy (non-hydrogen) atoms. The fourth-order valence-electron chi connectivity index (χ4n) is 3.61. The van der Waals surface area contributed by atoms with Gasteiger partial charge in [-0.1, -0.05) is 6.07 Å². The maximum atomic E-state index is 12.9. The van der Waals surface area contributed by atoms with Gasteiger partial charge in [0.25, 0.3) is 5.91 Å². The van der Waals surface area contributed by atoms with E-state index in [9.17, 15) is 18.0 Å². The quantitative estimate of drug-likeness (QED) is 0.805. The van der Waals surface area contributed by atoms with Gasteiger partial charge >= 0.3 is 6.09 Å². The van der Waals surface area contributed by atoms with Crippen molar-refractivity contribution in [1.29, 1.82) is 0 Å². The number of sulfonamides is 1. The largest absolute Gasteiger partial charge is 0.444 e. The van der Waals surface area contributed by atoms with Crippen LogP contribution in [-0.4, -0.2) is 62.3 Å². The Hall–Kier alpha value is -2.29. The third kappa shape index (κ3) is 5.41. The van der Waals surface area contributed by atoms with E-state index in [1.165, 1.54) is 4.31 Å². The molecule has 0 atom stereocenters. The molecule has 2 amide bonds. The Morgan fingerprint density at radius 2 is 1.83 bits per heavy atom. The first-order valence-corrected chi connectivity index (χ1v) is 11.6. The number of piperidine rings is 1. The summed E-state index contributed by atoms with van der Waals surface area (Å²) in [6.45, 7) is 6.93. The monoisotopic (exact) mass is 423 g/mol. The Kier molecular flexibility index (Phi) is 6.07. The average molecular weight is 424 g/mol. The number of benzene rings is 1. The van der Waals surface area contributed by atoms with Crippen LogP contribution in [0, 0.1) is 0 Å². The highest BCUT2D eigenvalue weighted by Gasteiger charge is 2.30. The predicted octanol–water partition coefficient (Wildman–Crippen LogP) is 2.36. The highest BCUT2D eigenvalue weighted by molar-refractivity contribution is 7.93. The van der Waals surface area contributed by atoms with E-state index >= 15 is 0 Å². The molecule has 8 nitrogen and oxygen atoms in total. The molecule has 2 heterocycles. The van der Waals surface area contributed by atoms with Crippen molar-refractivity contribution in [3.8, 4) is 0 Å². The fourth-order valence-corrected chi connectivity index (χ4v) is 5.16. The summed E-state index contributed by atoms with van der Waals surface area (Å²) in [6, 6.07) is 6.76. The minimum atomic E-state index is -3.28. The van der Waals surface area contributed by atoms with Crippen LogP contribution in [0.25, 0.3) is 0 Å². The standard InChI is InChI=1S/C20H29N3O5S/c1-20(2,3)28-19(25)21-16-8-11-22(12-9-16)18(24)15-6-4-7-17(14-15)23-10-5-13-29(23,26)27/h4,6-7,14,16H,5,8-13H2,1-3H3,(H,21,25). The van der Waals surface area contributed by atoms with E-state index in [1.54, 1.807) is 29.2 Å². The van der Waals surface area contributed by atoms with Crippen molar-refractivity contribution in [3.05, 3.63) is 29.8 Å². The number of hydrogen-bond donors (Lipinski definition) is 1. The molecule has 0 unspecified atom stereocenters. The molecule has 0 bridgehead atoms. The number of anilines is 1. The Morgan fingerprint density at radius 3 is 2.41 bits per heavy atom. The summed E-state index contributed by atoms with van der Waals surface area (Å²) < 4.78 is 30.9. The van der Waals surface area contributed by atoms with E-state index in [-0.39, 0.29) is 17.7 Å². The maximum Gasteiger partial charge on any atom is 0.407 e. The lowest BCUT2D eigenvalue weighted by Gasteiger charge is -2.33. The van der Waals surface area contributed by atoms with Gasteiger partial charge in [0.2, 0.25) is 10.0 Å². The lowest BCUT2D eigenvalue weighted by Crippen LogP contribution is -2.47. The van der Waals surface area contributed by atoms with Crippen molar-refractivity contribution in [2.24, 2.45) is 0 Å². The van der Waals surface area contributed by atoms with Gasteiger partial charge in [-0.2, -0.15) is 0 Å². The molecule has 160 valence electrons. The second-order valence-electron chi connectivity index (χ2n) is 8.50. The van der Waals surface area contributed by atoms with Gasteiger partial charge < -0.3 is 15.0 Å². The van der Waals surface area contributed by atoms with E-state index in [1.807, 2.05) is 20.8 Å². The molecule has 2 aliphatic rings. The predicted molar refractivity (Wildman–Crippen MR) is 110 cm³/mol. The van der Waals surface area contributed by atoms with Crippen LogP contribution in [0.1, 0.15) is 50.4 Å². The minimum Gasteiger partial charge on any atom is -0.444 e. The van der Waals surface area contributed by atoms with Crippen LogP contribution < -0.4 is 9.62 Å². The summed E-state index contributed by atoms with van der Waals surface area (Å²) in [5, 5.41) is 2.86. The highest BCUT2D eigenvalue weighted by Crippen LogP contribution is 2.25. The molecule has 1 aromatic rings. The summed E-state index contributed by atoms with van der Waals surface area (Å²) in [6.07, 6.45) is 1.44. The van der Waals surface area contributed by atoms with Gasteiger partial charge in [-0.05, 0) is 58.2 Å². The van der Waals surface area contributed by atoms with Gasteiger partial charge in [0.05, 0.1) is 11.4 Å². The first kappa shape index (κ1) is 21.4. The topological polar surface area (TPSA) is 96.0 Å². The van der Waals surface area contributed by atoms with Gasteiger partial charge in [-0.25, -0.2) is 13.2 Å². The first-order chi connectivity index (χ1) is 13.5. The highest BCUT2D eigenvalue weighted by atomic mass is 32.2. The zero-order valence-corrected chi connectivity index (χ0v) is 18.0. The van der Waals surface area contributed by atoms with Crippen LogP contribution in [0.4, 0.5) is 10.5 Å². The van der Waals surface area contributed by atoms with Crippen molar-refractivity contribution in [1.82, 2.24) is 10.2 Å². The van der Waals surface area contributed by atoms with Crippen molar-refractivity contribution in [2.45, 2.75) is 51.7 Å². The number of carbonyl (C=O) groups excluding carboxylic acids is 2. The summed E-state index contributed by atoms with van der Waals surface area (Å²) in [5.41, 5.74) is 0.465. The third-order valence-corrected chi connectivity index (χ3v) is 6.85. The lowest BCUT2D eigenvalue weighted by atomic mass is 10.0. The molecule has 1 aromatic carbocycles. The number of hydrogen-bond acceptors (Lipinski definition) is 5. The molecule has 1 N–H and O–H groups in total. The molecule has 3 rings (SSSR count). The normalized spacial score (nSPS) is 19.8. The van der Waals surface area contributed by atoms with Crippen LogP contribution in [0.3, 0.4) is 0 Å². The molecule has 2 aliphatic heterocycles. The average Bonchev–Trinajstić information content (AvgIpc) is 2.99. The molecule has 0 radical (unpaired) electrons. The molecule has 0 aromatic heterocycles. The smallest absolute Gasteiger partial charge is 0.407 e. The Balaban J connectivity index is 1.59.